The molecule has 160 valence electrons. The number of nitrogens with one attached hydrogen (secondary N) is 1. The maximum Gasteiger partial charge on any atom is 0.331 e. The highest BCUT2D eigenvalue weighted by Crippen LogP contribution is 2.34. The third-order valence-electron chi connectivity index (χ3n) is 5.94. The molecule has 0 radical (unpaired) electrons. The molecule has 7 nitrogen and oxygen atoms in total. The molecule has 2 fully saturated rings. The smallest absolute Gasteiger partial charge is 0.331 e. The summed E-state index contributed by atoms with van der Waals surface area (Å²) in [6.45, 7) is 3.10. The number of halogens is 1. The fraction of sp³-hybridized carbons (Fsp3) is 0.600. The molecule has 9 heteroatoms. The van der Waals surface area contributed by atoms with E-state index < -0.39 is 27.4 Å². The molecule has 1 aromatic rings. The summed E-state index contributed by atoms with van der Waals surface area (Å²) in [4.78, 5) is 25.7. The number of hydrogen-bond donors (Lipinski definition) is 1. The summed E-state index contributed by atoms with van der Waals surface area (Å²) >= 11 is 3.34. The minimum Gasteiger partial charge on any atom is -0.467 e. The van der Waals surface area contributed by atoms with E-state index in [-0.39, 0.29) is 10.5 Å². The van der Waals surface area contributed by atoms with Crippen molar-refractivity contribution in [3.63, 3.8) is 0 Å². The van der Waals surface area contributed by atoms with Crippen LogP contribution >= 0.6 is 15.9 Å². The Morgan fingerprint density at radius 3 is 2.41 bits per heavy atom. The average molecular weight is 487 g/mol. The molecule has 1 aliphatic heterocycles. The lowest BCUT2D eigenvalue weighted by Gasteiger charge is -2.37. The third-order valence-corrected chi connectivity index (χ3v) is 8.53. The Balaban J connectivity index is 1.89. The van der Waals surface area contributed by atoms with Crippen LogP contribution in [0.1, 0.15) is 55.8 Å². The minimum absolute atomic E-state index is 0.0807. The van der Waals surface area contributed by atoms with Gasteiger partial charge in [-0.15, -0.1) is 0 Å². The molecule has 0 atom stereocenters. The number of ether oxygens (including phenoxy) is 1. The van der Waals surface area contributed by atoms with Gasteiger partial charge in [-0.05, 0) is 78.6 Å². The van der Waals surface area contributed by atoms with Crippen molar-refractivity contribution in [3.8, 4) is 0 Å². The summed E-state index contributed by atoms with van der Waals surface area (Å²) in [5.74, 6) is -0.477. The van der Waals surface area contributed by atoms with Crippen LogP contribution in [0.2, 0.25) is 0 Å². The van der Waals surface area contributed by atoms with Crippen LogP contribution in [-0.2, 0) is 19.6 Å². The van der Waals surface area contributed by atoms with Gasteiger partial charge in [0, 0.05) is 17.6 Å². The van der Waals surface area contributed by atoms with Gasteiger partial charge >= 0.3 is 5.97 Å². The van der Waals surface area contributed by atoms with E-state index in [1.165, 1.54) is 23.5 Å². The molecule has 2 aliphatic rings. The highest BCUT2D eigenvalue weighted by molar-refractivity contribution is 9.10. The maximum absolute atomic E-state index is 13.1. The summed E-state index contributed by atoms with van der Waals surface area (Å²) in [6.07, 6.45) is 4.28. The van der Waals surface area contributed by atoms with Gasteiger partial charge in [-0.25, -0.2) is 13.2 Å². The molecular weight excluding hydrogens is 460 g/mol. The highest BCUT2D eigenvalue weighted by Gasteiger charge is 2.44. The lowest BCUT2D eigenvalue weighted by atomic mass is 9.77. The highest BCUT2D eigenvalue weighted by atomic mass is 79.9. The van der Waals surface area contributed by atoms with Crippen LogP contribution < -0.4 is 5.32 Å². The number of methoxy groups -OCH3 is 1. The first kappa shape index (κ1) is 22.2. The average Bonchev–Trinajstić information content (AvgIpc) is 3.25. The van der Waals surface area contributed by atoms with E-state index in [0.29, 0.717) is 36.3 Å². The van der Waals surface area contributed by atoms with E-state index >= 15 is 0 Å². The van der Waals surface area contributed by atoms with Gasteiger partial charge in [0.25, 0.3) is 5.91 Å². The molecule has 0 aromatic heterocycles. The summed E-state index contributed by atoms with van der Waals surface area (Å²) in [5.41, 5.74) is -0.895. The Hall–Kier alpha value is -1.45. The Morgan fingerprint density at radius 2 is 1.83 bits per heavy atom. The van der Waals surface area contributed by atoms with E-state index in [2.05, 4.69) is 28.2 Å². The van der Waals surface area contributed by atoms with Crippen LogP contribution in [0.5, 0.6) is 0 Å². The molecule has 0 spiro atoms. The predicted octanol–water partition coefficient (Wildman–Crippen LogP) is 3.09. The van der Waals surface area contributed by atoms with E-state index in [1.807, 2.05) is 0 Å². The summed E-state index contributed by atoms with van der Waals surface area (Å²) < 4.78 is 32.6. The van der Waals surface area contributed by atoms with Gasteiger partial charge in [-0.3, -0.25) is 4.79 Å². The molecule has 1 heterocycles. The first-order valence-electron chi connectivity index (χ1n) is 9.90. The van der Waals surface area contributed by atoms with Gasteiger partial charge in [-0.1, -0.05) is 6.92 Å². The molecule has 1 aromatic carbocycles. The van der Waals surface area contributed by atoms with Gasteiger partial charge in [0.05, 0.1) is 17.6 Å². The fourth-order valence-electron chi connectivity index (χ4n) is 4.03. The van der Waals surface area contributed by atoms with E-state index in [4.69, 9.17) is 4.74 Å². The van der Waals surface area contributed by atoms with Crippen molar-refractivity contribution in [3.05, 3.63) is 28.2 Å². The first-order chi connectivity index (χ1) is 13.7. The molecule has 1 amide bonds. The second kappa shape index (κ2) is 8.73. The molecule has 1 saturated carbocycles. The number of hydrogen-bond acceptors (Lipinski definition) is 5. The Kier molecular flexibility index (Phi) is 6.70. The van der Waals surface area contributed by atoms with E-state index in [1.54, 1.807) is 6.07 Å². The zero-order chi connectivity index (χ0) is 21.2. The van der Waals surface area contributed by atoms with Crippen LogP contribution in [-0.4, -0.2) is 50.3 Å². The molecule has 1 N–H and O–H groups in total. The predicted molar refractivity (Wildman–Crippen MR) is 112 cm³/mol. The van der Waals surface area contributed by atoms with Gasteiger partial charge < -0.3 is 10.1 Å². The molecular formula is C20H27BrN2O5S. The quantitative estimate of drug-likeness (QED) is 0.645. The summed E-state index contributed by atoms with van der Waals surface area (Å²) in [6, 6.07) is 4.43. The van der Waals surface area contributed by atoms with Gasteiger partial charge in [-0.2, -0.15) is 4.31 Å². The standard InChI is InChI=1S/C20H27BrN2O5S/c1-14-7-9-20(10-8-14,19(25)28-2)22-18(24)16-13-15(5-6-17(16)21)29(26,27)23-11-3-4-12-23/h5-6,13-14H,3-4,7-12H2,1-2H3,(H,22,24). The van der Waals surface area contributed by atoms with Gasteiger partial charge in [0.15, 0.2) is 0 Å². The van der Waals surface area contributed by atoms with Gasteiger partial charge in [0.1, 0.15) is 5.54 Å². The Labute approximate surface area is 180 Å². The SMILES string of the molecule is COC(=O)C1(NC(=O)c2cc(S(=O)(=O)N3CCCC3)ccc2Br)CCC(C)CC1. The monoisotopic (exact) mass is 486 g/mol. The van der Waals surface area contributed by atoms with Crippen molar-refractivity contribution >= 4 is 37.8 Å². The van der Waals surface area contributed by atoms with Crippen molar-refractivity contribution in [2.45, 2.75) is 55.9 Å². The van der Waals surface area contributed by atoms with E-state index in [9.17, 15) is 18.0 Å². The van der Waals surface area contributed by atoms with Crippen LogP contribution in [0.15, 0.2) is 27.6 Å². The molecule has 0 unspecified atom stereocenters. The molecule has 1 aliphatic carbocycles. The van der Waals surface area contributed by atoms with Crippen molar-refractivity contribution < 1.29 is 22.7 Å². The Bertz CT molecular complexity index is 888. The summed E-state index contributed by atoms with van der Waals surface area (Å²) in [7, 11) is -2.33. The van der Waals surface area contributed by atoms with Crippen LogP contribution in [0.4, 0.5) is 0 Å². The van der Waals surface area contributed by atoms with Crippen LogP contribution in [0, 0.1) is 5.92 Å². The number of benzene rings is 1. The third kappa shape index (κ3) is 4.51. The van der Waals surface area contributed by atoms with Gasteiger partial charge in [0.2, 0.25) is 10.0 Å². The molecule has 1 saturated heterocycles. The zero-order valence-corrected chi connectivity index (χ0v) is 19.1. The summed E-state index contributed by atoms with van der Waals surface area (Å²) in [5, 5.41) is 2.86. The lowest BCUT2D eigenvalue weighted by Crippen LogP contribution is -2.56. The van der Waals surface area contributed by atoms with E-state index in [0.717, 1.165) is 25.7 Å². The first-order valence-corrected chi connectivity index (χ1v) is 12.1. The number of nitrogens with zero attached hydrogens (tertiary/aromatic N) is 1. The number of carbonyl (C=O) groups is 2. The fourth-order valence-corrected chi connectivity index (χ4v) is 6.00. The second-order valence-corrected chi connectivity index (χ2v) is 10.8. The zero-order valence-electron chi connectivity index (χ0n) is 16.7. The van der Waals surface area contributed by atoms with Crippen molar-refractivity contribution in [1.82, 2.24) is 9.62 Å². The number of carbonyl (C=O) groups excluding carboxylic acids is 2. The molecule has 29 heavy (non-hydrogen) atoms. The van der Waals surface area contributed by atoms with Crippen molar-refractivity contribution in [2.75, 3.05) is 20.2 Å². The minimum atomic E-state index is -3.65. The second-order valence-electron chi connectivity index (χ2n) is 7.96. The maximum atomic E-state index is 13.1. The van der Waals surface area contributed by atoms with Crippen LogP contribution in [0.3, 0.4) is 0 Å². The normalized spacial score (nSPS) is 25.6. The number of sulfonamides is 1. The molecule has 3 rings (SSSR count). The van der Waals surface area contributed by atoms with Crippen molar-refractivity contribution in [1.29, 1.82) is 0 Å². The number of esters is 1. The van der Waals surface area contributed by atoms with Crippen LogP contribution in [0.25, 0.3) is 0 Å². The lowest BCUT2D eigenvalue weighted by molar-refractivity contribution is -0.150. The Morgan fingerprint density at radius 1 is 1.21 bits per heavy atom. The number of amides is 1. The largest absolute Gasteiger partial charge is 0.467 e. The topological polar surface area (TPSA) is 92.8 Å². The number of rotatable bonds is 5. The van der Waals surface area contributed by atoms with Crippen molar-refractivity contribution in [2.24, 2.45) is 5.92 Å². The molecule has 0 bridgehead atoms.